The predicted octanol–water partition coefficient (Wildman–Crippen LogP) is 6.22. The van der Waals surface area contributed by atoms with Crippen molar-refractivity contribution in [1.82, 2.24) is 39.9 Å². The average molecular weight is 602 g/mol. The van der Waals surface area contributed by atoms with Gasteiger partial charge in [-0.2, -0.15) is 0 Å². The predicted molar refractivity (Wildman–Crippen MR) is 163 cm³/mol. The van der Waals surface area contributed by atoms with E-state index in [0.717, 1.165) is 43.8 Å². The van der Waals surface area contributed by atoms with E-state index in [-0.39, 0.29) is 46.6 Å². The van der Waals surface area contributed by atoms with Crippen LogP contribution in [-0.4, -0.2) is 69.4 Å². The minimum absolute atomic E-state index is 0. The Bertz CT molecular complexity index is 2040. The summed E-state index contributed by atoms with van der Waals surface area (Å²) in [4.78, 5) is 36.8. The Balaban J connectivity index is 0.00000144. The summed E-state index contributed by atoms with van der Waals surface area (Å²) in [5.41, 5.74) is 6.45. The first-order valence-electron chi connectivity index (χ1n) is 13.0. The van der Waals surface area contributed by atoms with Gasteiger partial charge < -0.3 is 9.97 Å². The Morgan fingerprint density at radius 1 is 0.333 bits per heavy atom. The van der Waals surface area contributed by atoms with E-state index in [2.05, 4.69) is 9.97 Å². The van der Waals surface area contributed by atoms with Crippen molar-refractivity contribution in [2.24, 2.45) is 0 Å². The Morgan fingerprint density at radius 3 is 0.833 bits per heavy atom. The van der Waals surface area contributed by atoms with E-state index in [1.54, 1.807) is 0 Å². The number of H-pyrrole nitrogens is 2. The molecule has 1 radical (unpaired) electrons. The van der Waals surface area contributed by atoms with Crippen LogP contribution in [0.3, 0.4) is 0 Å². The summed E-state index contributed by atoms with van der Waals surface area (Å²) in [5, 5.41) is 3.82. The van der Waals surface area contributed by atoms with Gasteiger partial charge in [0.15, 0.2) is 23.3 Å². The zero-order valence-electron chi connectivity index (χ0n) is 21.2. The molecule has 8 bridgehead atoms. The molecular formula is C32H19CuN8Na. The molecule has 8 nitrogen and oxygen atoms in total. The fourth-order valence-electron chi connectivity index (χ4n) is 5.59. The first-order chi connectivity index (χ1) is 19.8. The minimum atomic E-state index is 0. The molecule has 0 atom stereocenters. The molecule has 9 rings (SSSR count). The van der Waals surface area contributed by atoms with Crippen molar-refractivity contribution in [2.45, 2.75) is 0 Å². The van der Waals surface area contributed by atoms with Crippen molar-refractivity contribution >= 4 is 73.7 Å². The van der Waals surface area contributed by atoms with E-state index in [4.69, 9.17) is 29.9 Å². The third kappa shape index (κ3) is 4.01. The van der Waals surface area contributed by atoms with Crippen LogP contribution in [0.2, 0.25) is 0 Å². The number of benzene rings is 4. The van der Waals surface area contributed by atoms with Gasteiger partial charge in [0.2, 0.25) is 0 Å². The van der Waals surface area contributed by atoms with Crippen LogP contribution in [0.25, 0.3) is 89.7 Å². The van der Waals surface area contributed by atoms with Crippen LogP contribution < -0.4 is 0 Å². The van der Waals surface area contributed by atoms with Gasteiger partial charge in [0, 0.05) is 60.9 Å². The number of hydrogen-bond acceptors (Lipinski definition) is 6. The van der Waals surface area contributed by atoms with Gasteiger partial charge in [-0.3, -0.25) is 0 Å². The van der Waals surface area contributed by atoms with Gasteiger partial charge in [-0.05, 0) is 0 Å². The first kappa shape index (κ1) is 26.6. The summed E-state index contributed by atoms with van der Waals surface area (Å²) in [6.45, 7) is 0. The molecule has 199 valence electrons. The Kier molecular flexibility index (Phi) is 6.50. The molecule has 0 amide bonds. The molecular weight excluding hydrogens is 583 g/mol. The van der Waals surface area contributed by atoms with Crippen LogP contribution in [0.1, 0.15) is 0 Å². The molecule has 10 heteroatoms. The van der Waals surface area contributed by atoms with Gasteiger partial charge in [-0.1, -0.05) is 97.1 Å². The molecule has 0 spiro atoms. The maximum absolute atomic E-state index is 5.02. The smallest absolute Gasteiger partial charge is 0.164 e. The number of nitrogens with one attached hydrogen (secondary N) is 2. The minimum Gasteiger partial charge on any atom is -0.324 e. The molecule has 3 aromatic heterocycles. The maximum atomic E-state index is 5.02. The average Bonchev–Trinajstić information content (AvgIpc) is 3.73. The van der Waals surface area contributed by atoms with E-state index in [9.17, 15) is 0 Å². The zero-order valence-corrected chi connectivity index (χ0v) is 22.2. The SMILES string of the molecule is [Cu].[NaH].c1ccc2c(c1)-c1nc-2nc2[nH]c(nc3nc(nc4[nH]c(n1)c1ccccc41)-c1ccccc1-3)c1ccccc21. The number of hydrogen-bond donors (Lipinski definition) is 2. The second-order valence-corrected chi connectivity index (χ2v) is 9.79. The van der Waals surface area contributed by atoms with Crippen LogP contribution in [0.15, 0.2) is 97.1 Å². The molecule has 7 aromatic rings. The third-order valence-corrected chi connectivity index (χ3v) is 7.46. The fourth-order valence-corrected chi connectivity index (χ4v) is 5.59. The first-order valence-corrected chi connectivity index (χ1v) is 13.0. The number of aromatic amines is 2. The van der Waals surface area contributed by atoms with Crippen LogP contribution >= 0.6 is 0 Å². The number of fused-ring (bicyclic) bond motifs is 20. The summed E-state index contributed by atoms with van der Waals surface area (Å²) < 4.78 is 0. The van der Waals surface area contributed by atoms with Crippen LogP contribution in [0.4, 0.5) is 0 Å². The second kappa shape index (κ2) is 10.2. The Labute approximate surface area is 271 Å². The van der Waals surface area contributed by atoms with Crippen molar-refractivity contribution in [1.29, 1.82) is 0 Å². The van der Waals surface area contributed by atoms with E-state index in [1.165, 1.54) is 0 Å². The number of rotatable bonds is 0. The zero-order chi connectivity index (χ0) is 26.2. The topological polar surface area (TPSA) is 109 Å². The monoisotopic (exact) mass is 601 g/mol. The van der Waals surface area contributed by atoms with Crippen LogP contribution in [0, 0.1) is 0 Å². The third-order valence-electron chi connectivity index (χ3n) is 7.46. The molecule has 0 saturated heterocycles. The summed E-state index contributed by atoms with van der Waals surface area (Å²) in [6.07, 6.45) is 0. The Morgan fingerprint density at radius 2 is 0.571 bits per heavy atom. The van der Waals surface area contributed by atoms with Gasteiger partial charge in [0.05, 0.1) is 0 Å². The van der Waals surface area contributed by atoms with Crippen molar-refractivity contribution in [2.75, 3.05) is 0 Å². The molecule has 2 aliphatic heterocycles. The van der Waals surface area contributed by atoms with Crippen molar-refractivity contribution in [3.05, 3.63) is 97.1 Å². The van der Waals surface area contributed by atoms with Crippen molar-refractivity contribution < 1.29 is 17.1 Å². The van der Waals surface area contributed by atoms with E-state index < -0.39 is 0 Å². The summed E-state index contributed by atoms with van der Waals surface area (Å²) in [5.74, 6) is 2.39. The molecule has 4 aromatic carbocycles. The van der Waals surface area contributed by atoms with Crippen LogP contribution in [0.5, 0.6) is 0 Å². The van der Waals surface area contributed by atoms with Crippen molar-refractivity contribution in [3.8, 4) is 45.6 Å². The molecule has 2 N–H and O–H groups in total. The van der Waals surface area contributed by atoms with E-state index in [0.29, 0.717) is 45.9 Å². The summed E-state index contributed by atoms with van der Waals surface area (Å²) in [7, 11) is 0. The molecule has 2 aliphatic rings. The largest absolute Gasteiger partial charge is 0.324 e. The standard InChI is InChI=1S/C32H18N8.Cu.Na.H/c1-2-10-18-17(9-1)25-33-26(18)38-28-21-13-5-6-14-22(21)30(35-28)40-32-24-16-8-7-15-23(24)31(36-32)39-29-20-12-4-3-11-19(20)27(34-29)37-25;;;/h1-16H,(H2,33,34,35,36,37,38,39,40);;;. The van der Waals surface area contributed by atoms with Gasteiger partial charge in [-0.15, -0.1) is 0 Å². The number of nitrogens with zero attached hydrogens (tertiary/aromatic N) is 6. The van der Waals surface area contributed by atoms with E-state index in [1.807, 2.05) is 97.1 Å². The van der Waals surface area contributed by atoms with Crippen LogP contribution in [-0.2, 0) is 17.1 Å². The Hall–Kier alpha value is -4.24. The summed E-state index contributed by atoms with van der Waals surface area (Å²) >= 11 is 0. The van der Waals surface area contributed by atoms with E-state index >= 15 is 0 Å². The second-order valence-electron chi connectivity index (χ2n) is 9.79. The molecule has 0 saturated carbocycles. The van der Waals surface area contributed by atoms with Gasteiger partial charge in [0.25, 0.3) is 0 Å². The van der Waals surface area contributed by atoms with Crippen molar-refractivity contribution in [3.63, 3.8) is 0 Å². The molecule has 0 fully saturated rings. The van der Waals surface area contributed by atoms with Gasteiger partial charge in [-0.25, -0.2) is 29.9 Å². The molecule has 42 heavy (non-hydrogen) atoms. The maximum Gasteiger partial charge on any atom is 0.164 e. The molecule has 0 aliphatic carbocycles. The normalized spacial score (nSPS) is 11.4. The van der Waals surface area contributed by atoms with Gasteiger partial charge in [0.1, 0.15) is 22.6 Å². The fraction of sp³-hybridized carbons (Fsp3) is 0. The quantitative estimate of drug-likeness (QED) is 0.200. The molecule has 0 unspecified atom stereocenters. The number of aromatic nitrogens is 8. The van der Waals surface area contributed by atoms with Gasteiger partial charge >= 0.3 is 29.6 Å². The molecule has 5 heterocycles. The summed E-state index contributed by atoms with van der Waals surface area (Å²) in [6, 6.07) is 32.2.